The first-order valence-electron chi connectivity index (χ1n) is 7.34. The van der Waals surface area contributed by atoms with Crippen molar-refractivity contribution in [2.24, 2.45) is 0 Å². The van der Waals surface area contributed by atoms with Crippen molar-refractivity contribution in [2.45, 2.75) is 0 Å². The average Bonchev–Trinajstić information content (AvgIpc) is 2.55. The van der Waals surface area contributed by atoms with E-state index in [4.69, 9.17) is 0 Å². The highest BCUT2D eigenvalue weighted by Crippen LogP contribution is 2.30. The summed E-state index contributed by atoms with van der Waals surface area (Å²) in [6, 6.07) is 9.17. The maximum absolute atomic E-state index is 13.2. The van der Waals surface area contributed by atoms with Crippen molar-refractivity contribution in [3.8, 4) is 0 Å². The van der Waals surface area contributed by atoms with Crippen LogP contribution in [0.5, 0.6) is 0 Å². The zero-order valence-corrected chi connectivity index (χ0v) is 12.6. The lowest BCUT2D eigenvalue weighted by Gasteiger charge is -2.36. The van der Waals surface area contributed by atoms with Gasteiger partial charge in [-0.2, -0.15) is 0 Å². The molecular formula is C17H17FN4O. The highest BCUT2D eigenvalue weighted by atomic mass is 19.1. The van der Waals surface area contributed by atoms with E-state index in [1.165, 1.54) is 12.1 Å². The number of rotatable bonds is 3. The quantitative estimate of drug-likeness (QED) is 0.885. The predicted molar refractivity (Wildman–Crippen MR) is 89.4 cm³/mol. The number of pyridine rings is 1. The molecule has 0 radical (unpaired) electrons. The number of hydrogen-bond donors (Lipinski definition) is 1. The maximum Gasteiger partial charge on any atom is 0.326 e. The minimum absolute atomic E-state index is 0.303. The van der Waals surface area contributed by atoms with E-state index in [-0.39, 0.29) is 11.8 Å². The summed E-state index contributed by atoms with van der Waals surface area (Å²) in [5.74, 6) is 0.355. The van der Waals surface area contributed by atoms with Crippen LogP contribution in [0.3, 0.4) is 0 Å². The minimum atomic E-state index is -0.388. The number of carbonyl (C=O) groups is 1. The van der Waals surface area contributed by atoms with E-state index in [1.807, 2.05) is 6.07 Å². The molecule has 1 N–H and O–H groups in total. The molecule has 2 aromatic rings. The lowest BCUT2D eigenvalue weighted by molar-refractivity contribution is 0.256. The van der Waals surface area contributed by atoms with E-state index in [9.17, 15) is 9.18 Å². The van der Waals surface area contributed by atoms with Crippen molar-refractivity contribution in [1.29, 1.82) is 0 Å². The third-order valence-corrected chi connectivity index (χ3v) is 3.62. The van der Waals surface area contributed by atoms with Crippen LogP contribution >= 0.6 is 0 Å². The molecule has 2 heterocycles. The Morgan fingerprint density at radius 2 is 2.22 bits per heavy atom. The highest BCUT2D eigenvalue weighted by molar-refractivity contribution is 6.04. The molecule has 5 nitrogen and oxygen atoms in total. The molecule has 118 valence electrons. The molecule has 0 saturated carbocycles. The van der Waals surface area contributed by atoms with Gasteiger partial charge in [0.05, 0.1) is 5.69 Å². The molecule has 1 aromatic heterocycles. The molecule has 0 saturated heterocycles. The van der Waals surface area contributed by atoms with Crippen LogP contribution in [0.15, 0.2) is 55.3 Å². The molecule has 0 bridgehead atoms. The fourth-order valence-corrected chi connectivity index (χ4v) is 2.59. The van der Waals surface area contributed by atoms with Gasteiger partial charge in [-0.3, -0.25) is 4.90 Å². The van der Waals surface area contributed by atoms with Crippen LogP contribution in [0.25, 0.3) is 0 Å². The summed E-state index contributed by atoms with van der Waals surface area (Å²) in [5.41, 5.74) is 1.16. The van der Waals surface area contributed by atoms with Crippen LogP contribution < -0.4 is 15.1 Å². The standard InChI is InChI=1S/C17H17FN4O/c1-2-9-21-10-11-22(15-7-4-8-19-16(15)21)17(23)20-14-6-3-5-13(18)12-14/h2-8,12H,1,9-11H2,(H,20,23). The number of urea groups is 1. The monoisotopic (exact) mass is 312 g/mol. The Bertz CT molecular complexity index is 734. The van der Waals surface area contributed by atoms with Gasteiger partial charge in [-0.05, 0) is 30.3 Å². The summed E-state index contributed by atoms with van der Waals surface area (Å²) in [6.07, 6.45) is 3.50. The van der Waals surface area contributed by atoms with Crippen LogP contribution in [0.1, 0.15) is 0 Å². The first kappa shape index (κ1) is 15.0. The van der Waals surface area contributed by atoms with Crippen LogP contribution in [-0.4, -0.2) is 30.6 Å². The molecule has 0 aliphatic carbocycles. The Kier molecular flexibility index (Phi) is 4.23. The molecule has 2 amide bonds. The maximum atomic E-state index is 13.2. The molecule has 23 heavy (non-hydrogen) atoms. The second kappa shape index (κ2) is 6.48. The van der Waals surface area contributed by atoms with Gasteiger partial charge >= 0.3 is 6.03 Å². The molecule has 6 heteroatoms. The van der Waals surface area contributed by atoms with Crippen molar-refractivity contribution in [3.05, 3.63) is 61.1 Å². The van der Waals surface area contributed by atoms with Crippen molar-refractivity contribution < 1.29 is 9.18 Å². The molecule has 0 fully saturated rings. The summed E-state index contributed by atoms with van der Waals surface area (Å²) in [5, 5.41) is 2.72. The lowest BCUT2D eigenvalue weighted by atomic mass is 10.2. The fraction of sp³-hybridized carbons (Fsp3) is 0.176. The summed E-state index contributed by atoms with van der Waals surface area (Å²) < 4.78 is 13.2. The van der Waals surface area contributed by atoms with E-state index >= 15 is 0 Å². The number of anilines is 3. The second-order valence-electron chi connectivity index (χ2n) is 5.17. The summed E-state index contributed by atoms with van der Waals surface area (Å²) in [4.78, 5) is 20.6. The van der Waals surface area contributed by atoms with Crippen molar-refractivity contribution in [2.75, 3.05) is 34.8 Å². The number of nitrogens with zero attached hydrogens (tertiary/aromatic N) is 3. The third kappa shape index (κ3) is 3.15. The third-order valence-electron chi connectivity index (χ3n) is 3.62. The number of fused-ring (bicyclic) bond motifs is 1. The van der Waals surface area contributed by atoms with E-state index < -0.39 is 0 Å². The topological polar surface area (TPSA) is 48.5 Å². The lowest BCUT2D eigenvalue weighted by Crippen LogP contribution is -2.46. The summed E-state index contributed by atoms with van der Waals surface area (Å²) >= 11 is 0. The number of aromatic nitrogens is 1. The van der Waals surface area contributed by atoms with Gasteiger partial charge in [-0.15, -0.1) is 6.58 Å². The molecule has 0 atom stereocenters. The zero-order valence-electron chi connectivity index (χ0n) is 12.6. The number of amides is 2. The number of halogens is 1. The fourth-order valence-electron chi connectivity index (χ4n) is 2.59. The average molecular weight is 312 g/mol. The molecule has 3 rings (SSSR count). The zero-order chi connectivity index (χ0) is 16.2. The Labute approximate surface area is 134 Å². The van der Waals surface area contributed by atoms with Crippen molar-refractivity contribution in [1.82, 2.24) is 4.98 Å². The van der Waals surface area contributed by atoms with Gasteiger partial charge in [0, 0.05) is 31.5 Å². The smallest absolute Gasteiger partial charge is 0.326 e. The van der Waals surface area contributed by atoms with Gasteiger partial charge in [0.2, 0.25) is 0 Å². The van der Waals surface area contributed by atoms with Crippen molar-refractivity contribution >= 4 is 23.2 Å². The minimum Gasteiger partial charge on any atom is -0.349 e. The van der Waals surface area contributed by atoms with Gasteiger partial charge < -0.3 is 10.2 Å². The van der Waals surface area contributed by atoms with E-state index in [0.29, 0.717) is 25.3 Å². The SMILES string of the molecule is C=CCN1CCN(C(=O)Nc2cccc(F)c2)c2cccnc21. The molecule has 1 aliphatic rings. The van der Waals surface area contributed by atoms with Crippen LogP contribution in [-0.2, 0) is 0 Å². The van der Waals surface area contributed by atoms with Crippen LogP contribution in [0.2, 0.25) is 0 Å². The molecule has 1 aliphatic heterocycles. The number of benzene rings is 1. The van der Waals surface area contributed by atoms with Crippen LogP contribution in [0.4, 0.5) is 26.4 Å². The summed E-state index contributed by atoms with van der Waals surface area (Å²) in [6.45, 7) is 5.60. The van der Waals surface area contributed by atoms with Crippen molar-refractivity contribution in [3.63, 3.8) is 0 Å². The van der Waals surface area contributed by atoms with E-state index in [0.717, 1.165) is 11.5 Å². The van der Waals surface area contributed by atoms with Gasteiger partial charge in [-0.25, -0.2) is 14.2 Å². The first-order valence-corrected chi connectivity index (χ1v) is 7.34. The molecule has 0 unspecified atom stereocenters. The Morgan fingerprint density at radius 3 is 3.00 bits per heavy atom. The largest absolute Gasteiger partial charge is 0.349 e. The van der Waals surface area contributed by atoms with E-state index in [1.54, 1.807) is 35.4 Å². The van der Waals surface area contributed by atoms with Gasteiger partial charge in [0.1, 0.15) is 5.82 Å². The molecule has 1 aromatic carbocycles. The second-order valence-corrected chi connectivity index (χ2v) is 5.17. The van der Waals surface area contributed by atoms with Gasteiger partial charge in [-0.1, -0.05) is 12.1 Å². The number of hydrogen-bond acceptors (Lipinski definition) is 3. The molecule has 0 spiro atoms. The van der Waals surface area contributed by atoms with Gasteiger partial charge in [0.25, 0.3) is 0 Å². The number of carbonyl (C=O) groups excluding carboxylic acids is 1. The summed E-state index contributed by atoms with van der Waals surface area (Å²) in [7, 11) is 0. The van der Waals surface area contributed by atoms with Crippen LogP contribution in [0, 0.1) is 5.82 Å². The normalized spacial score (nSPS) is 13.4. The van der Waals surface area contributed by atoms with Gasteiger partial charge in [0.15, 0.2) is 5.82 Å². The predicted octanol–water partition coefficient (Wildman–Crippen LogP) is 3.27. The molecular weight excluding hydrogens is 295 g/mol. The Hall–Kier alpha value is -2.89. The first-order chi connectivity index (χ1) is 11.2. The Morgan fingerprint density at radius 1 is 1.35 bits per heavy atom. The Balaban J connectivity index is 1.84. The van der Waals surface area contributed by atoms with E-state index in [2.05, 4.69) is 21.8 Å². The highest BCUT2D eigenvalue weighted by Gasteiger charge is 2.27. The number of nitrogens with one attached hydrogen (secondary N) is 1.